The minimum absolute atomic E-state index is 0.0906. The first-order valence-corrected chi connectivity index (χ1v) is 25.7. The minimum atomic E-state index is -0.791. The SMILES string of the molecule is CC/C=C\C/C=C\C/C=C\C/C=C\CCCCCCCCCCC(=O)OCC(COC(=O)CCCCCCCCC)OC(=O)CCCCCC/C=C\C/C=C\C/C=C\C/C=C\CC. The molecule has 0 amide bonds. The van der Waals surface area contributed by atoms with Crippen molar-refractivity contribution in [2.45, 2.75) is 232 Å². The summed E-state index contributed by atoms with van der Waals surface area (Å²) in [6.45, 7) is 6.33. The van der Waals surface area contributed by atoms with E-state index in [1.165, 1.54) is 57.8 Å². The van der Waals surface area contributed by atoms with E-state index in [1.807, 2.05) is 0 Å². The molecule has 0 saturated heterocycles. The average Bonchev–Trinajstić information content (AvgIpc) is 3.28. The van der Waals surface area contributed by atoms with Crippen LogP contribution in [0.5, 0.6) is 0 Å². The zero-order valence-corrected chi connectivity index (χ0v) is 40.8. The minimum Gasteiger partial charge on any atom is -0.462 e. The quantitative estimate of drug-likeness (QED) is 0.0262. The van der Waals surface area contributed by atoms with E-state index in [0.717, 1.165) is 128 Å². The second kappa shape index (κ2) is 51.0. The van der Waals surface area contributed by atoms with Crippen molar-refractivity contribution >= 4 is 17.9 Å². The van der Waals surface area contributed by atoms with E-state index in [1.54, 1.807) is 0 Å². The van der Waals surface area contributed by atoms with Crippen LogP contribution in [0.1, 0.15) is 226 Å². The first-order chi connectivity index (χ1) is 31.0. The number of hydrogen-bond acceptors (Lipinski definition) is 6. The average molecular weight is 875 g/mol. The van der Waals surface area contributed by atoms with Gasteiger partial charge < -0.3 is 14.2 Å². The van der Waals surface area contributed by atoms with Crippen LogP contribution in [-0.4, -0.2) is 37.2 Å². The molecule has 0 aliphatic heterocycles. The van der Waals surface area contributed by atoms with E-state index in [9.17, 15) is 14.4 Å². The first kappa shape index (κ1) is 59.3. The number of esters is 3. The largest absolute Gasteiger partial charge is 0.462 e. The summed E-state index contributed by atoms with van der Waals surface area (Å²) in [5, 5.41) is 0. The van der Waals surface area contributed by atoms with Crippen molar-refractivity contribution in [2.75, 3.05) is 13.2 Å². The molecule has 0 spiro atoms. The van der Waals surface area contributed by atoms with Crippen LogP contribution in [0.25, 0.3) is 0 Å². The van der Waals surface area contributed by atoms with E-state index in [-0.39, 0.29) is 31.1 Å². The molecular formula is C57H94O6. The maximum atomic E-state index is 12.8. The molecule has 0 aliphatic carbocycles. The number of hydrogen-bond donors (Lipinski definition) is 0. The van der Waals surface area contributed by atoms with Gasteiger partial charge in [0, 0.05) is 19.3 Å². The maximum absolute atomic E-state index is 12.8. The Morgan fingerprint density at radius 1 is 0.333 bits per heavy atom. The molecule has 0 rings (SSSR count). The molecule has 0 aromatic rings. The van der Waals surface area contributed by atoms with Gasteiger partial charge in [0.15, 0.2) is 6.10 Å². The van der Waals surface area contributed by atoms with Gasteiger partial charge in [0.25, 0.3) is 0 Å². The van der Waals surface area contributed by atoms with E-state index in [4.69, 9.17) is 14.2 Å². The third-order valence-corrected chi connectivity index (χ3v) is 10.6. The molecule has 358 valence electrons. The summed E-state index contributed by atoms with van der Waals surface area (Å²) < 4.78 is 16.7. The summed E-state index contributed by atoms with van der Waals surface area (Å²) in [7, 11) is 0. The van der Waals surface area contributed by atoms with E-state index in [2.05, 4.69) is 118 Å². The highest BCUT2D eigenvalue weighted by Gasteiger charge is 2.19. The number of unbranched alkanes of at least 4 members (excludes halogenated alkanes) is 18. The van der Waals surface area contributed by atoms with Gasteiger partial charge in [-0.15, -0.1) is 0 Å². The zero-order valence-electron chi connectivity index (χ0n) is 40.8. The van der Waals surface area contributed by atoms with Crippen molar-refractivity contribution in [3.63, 3.8) is 0 Å². The number of carbonyl (C=O) groups excluding carboxylic acids is 3. The highest BCUT2D eigenvalue weighted by Crippen LogP contribution is 2.14. The number of rotatable bonds is 45. The van der Waals surface area contributed by atoms with Gasteiger partial charge in [0.2, 0.25) is 0 Å². The molecule has 1 unspecified atom stereocenters. The Labute approximate surface area is 387 Å². The molecule has 0 N–H and O–H groups in total. The topological polar surface area (TPSA) is 78.9 Å². The van der Waals surface area contributed by atoms with Crippen LogP contribution < -0.4 is 0 Å². The van der Waals surface area contributed by atoms with Crippen molar-refractivity contribution in [3.05, 3.63) is 97.2 Å². The van der Waals surface area contributed by atoms with Gasteiger partial charge in [-0.1, -0.05) is 208 Å². The van der Waals surface area contributed by atoms with Gasteiger partial charge in [-0.25, -0.2) is 0 Å². The first-order valence-electron chi connectivity index (χ1n) is 25.7. The Morgan fingerprint density at radius 3 is 0.968 bits per heavy atom. The molecule has 0 saturated carbocycles. The predicted molar refractivity (Wildman–Crippen MR) is 270 cm³/mol. The van der Waals surface area contributed by atoms with Gasteiger partial charge in [0.1, 0.15) is 13.2 Å². The summed E-state index contributed by atoms with van der Waals surface area (Å²) in [6, 6.07) is 0. The molecule has 0 aromatic heterocycles. The predicted octanol–water partition coefficient (Wildman–Crippen LogP) is 17.0. The fourth-order valence-electron chi connectivity index (χ4n) is 6.78. The van der Waals surface area contributed by atoms with Gasteiger partial charge in [0.05, 0.1) is 0 Å². The molecule has 0 bridgehead atoms. The lowest BCUT2D eigenvalue weighted by atomic mass is 10.1. The molecule has 1 atom stereocenters. The third-order valence-electron chi connectivity index (χ3n) is 10.6. The van der Waals surface area contributed by atoms with E-state index in [0.29, 0.717) is 19.3 Å². The Morgan fingerprint density at radius 2 is 0.619 bits per heavy atom. The Balaban J connectivity index is 4.31. The van der Waals surface area contributed by atoms with Crippen molar-refractivity contribution in [2.24, 2.45) is 0 Å². The zero-order chi connectivity index (χ0) is 45.8. The lowest BCUT2D eigenvalue weighted by Crippen LogP contribution is -2.30. The smallest absolute Gasteiger partial charge is 0.306 e. The van der Waals surface area contributed by atoms with Crippen LogP contribution in [0.4, 0.5) is 0 Å². The van der Waals surface area contributed by atoms with Crippen LogP contribution in [0.2, 0.25) is 0 Å². The van der Waals surface area contributed by atoms with Crippen LogP contribution in [0, 0.1) is 0 Å². The van der Waals surface area contributed by atoms with Crippen molar-refractivity contribution in [1.29, 1.82) is 0 Å². The van der Waals surface area contributed by atoms with Gasteiger partial charge >= 0.3 is 17.9 Å². The standard InChI is InChI=1S/C57H94O6/c1-4-7-10-13-16-18-20-22-24-26-27-28-29-31-32-34-36-38-41-44-47-50-56(59)62-53-54(52-61-55(58)49-46-43-40-15-12-9-6-3)63-57(60)51-48-45-42-39-37-35-33-30-25-23-21-19-17-14-11-8-5-2/h7-8,10-11,16-19,22-25,27-28,33,35,54H,4-6,9,12-15,20-21,26,29-32,34,36-53H2,1-3H3/b10-7-,11-8-,18-16-,19-17-,24-22-,25-23-,28-27-,35-33-. The molecule has 0 aromatic carbocycles. The number of allylic oxidation sites excluding steroid dienone is 16. The molecule has 6 heteroatoms. The maximum Gasteiger partial charge on any atom is 0.306 e. The summed E-state index contributed by atoms with van der Waals surface area (Å²) in [5.41, 5.74) is 0. The summed E-state index contributed by atoms with van der Waals surface area (Å²) >= 11 is 0. The van der Waals surface area contributed by atoms with E-state index < -0.39 is 6.10 Å². The normalized spacial score (nSPS) is 12.9. The molecule has 0 radical (unpaired) electrons. The number of carbonyl (C=O) groups is 3. The molecule has 63 heavy (non-hydrogen) atoms. The molecule has 6 nitrogen and oxygen atoms in total. The van der Waals surface area contributed by atoms with Gasteiger partial charge in [-0.2, -0.15) is 0 Å². The highest BCUT2D eigenvalue weighted by atomic mass is 16.6. The molecular weight excluding hydrogens is 781 g/mol. The molecule has 0 fully saturated rings. The van der Waals surface area contributed by atoms with Crippen molar-refractivity contribution in [1.82, 2.24) is 0 Å². The van der Waals surface area contributed by atoms with Gasteiger partial charge in [-0.3, -0.25) is 14.4 Å². The van der Waals surface area contributed by atoms with Crippen molar-refractivity contribution < 1.29 is 28.6 Å². The van der Waals surface area contributed by atoms with Crippen molar-refractivity contribution in [3.8, 4) is 0 Å². The Bertz CT molecular complexity index is 1280. The number of ether oxygens (including phenoxy) is 3. The summed E-state index contributed by atoms with van der Waals surface area (Å²) in [4.78, 5) is 37.8. The van der Waals surface area contributed by atoms with Crippen LogP contribution in [0.3, 0.4) is 0 Å². The fourth-order valence-corrected chi connectivity index (χ4v) is 6.78. The van der Waals surface area contributed by atoms with Crippen LogP contribution in [0.15, 0.2) is 97.2 Å². The van der Waals surface area contributed by atoms with E-state index >= 15 is 0 Å². The fraction of sp³-hybridized carbons (Fsp3) is 0.667. The second-order valence-corrected chi connectivity index (χ2v) is 16.7. The molecule has 0 heterocycles. The van der Waals surface area contributed by atoms with Crippen LogP contribution in [-0.2, 0) is 28.6 Å². The lowest BCUT2D eigenvalue weighted by Gasteiger charge is -2.18. The second-order valence-electron chi connectivity index (χ2n) is 16.7. The Hall–Kier alpha value is -3.67. The summed E-state index contributed by atoms with van der Waals surface area (Å²) in [5.74, 6) is -0.933. The lowest BCUT2D eigenvalue weighted by molar-refractivity contribution is -0.167. The summed E-state index contributed by atoms with van der Waals surface area (Å²) in [6.07, 6.45) is 66.9. The van der Waals surface area contributed by atoms with Gasteiger partial charge in [-0.05, 0) is 96.3 Å². The Kier molecular flexibility index (Phi) is 48.0. The highest BCUT2D eigenvalue weighted by molar-refractivity contribution is 5.71. The van der Waals surface area contributed by atoms with Crippen LogP contribution >= 0.6 is 0 Å². The third kappa shape index (κ3) is 49.2. The molecule has 0 aliphatic rings. The monoisotopic (exact) mass is 875 g/mol.